The monoisotopic (exact) mass is 320 g/mol. The lowest BCUT2D eigenvalue weighted by Crippen LogP contribution is -2.57. The number of nitrogens with zero attached hydrogens (tertiary/aromatic N) is 3. The molecule has 0 aliphatic carbocycles. The van der Waals surface area contributed by atoms with Crippen molar-refractivity contribution >= 4 is 11.8 Å². The molecule has 23 heavy (non-hydrogen) atoms. The van der Waals surface area contributed by atoms with E-state index in [-0.39, 0.29) is 17.9 Å². The molecule has 2 amide bonds. The van der Waals surface area contributed by atoms with Crippen LogP contribution >= 0.6 is 0 Å². The summed E-state index contributed by atoms with van der Waals surface area (Å²) >= 11 is 0. The van der Waals surface area contributed by atoms with Crippen LogP contribution in [0.3, 0.4) is 0 Å². The number of rotatable bonds is 2. The van der Waals surface area contributed by atoms with Gasteiger partial charge in [0.2, 0.25) is 5.91 Å². The smallest absolute Gasteiger partial charge is 0.254 e. The molecule has 2 aliphatic rings. The Morgan fingerprint density at radius 1 is 1.48 bits per heavy atom. The Bertz CT molecular complexity index is 639. The molecule has 2 aliphatic heterocycles. The van der Waals surface area contributed by atoms with Gasteiger partial charge >= 0.3 is 0 Å². The number of carbonyl (C=O) groups is 2. The molecule has 0 bridgehead atoms. The molecular weight excluding hydrogens is 296 g/mol. The van der Waals surface area contributed by atoms with Crippen LogP contribution in [0.2, 0.25) is 0 Å². The summed E-state index contributed by atoms with van der Waals surface area (Å²) in [7, 11) is 0. The number of nitrogens with one attached hydrogen (secondary N) is 1. The molecule has 126 valence electrons. The minimum Gasteiger partial charge on any atom is -0.338 e. The number of hydrogen-bond donors (Lipinski definition) is 1. The summed E-state index contributed by atoms with van der Waals surface area (Å²) in [6.07, 6.45) is 5.12. The first-order chi connectivity index (χ1) is 10.7. The number of amides is 2. The highest BCUT2D eigenvalue weighted by Gasteiger charge is 2.52. The van der Waals surface area contributed by atoms with Gasteiger partial charge in [0.05, 0.1) is 12.7 Å². The van der Waals surface area contributed by atoms with Gasteiger partial charge in [0.1, 0.15) is 11.6 Å². The lowest BCUT2D eigenvalue weighted by Gasteiger charge is -2.40. The van der Waals surface area contributed by atoms with Crippen LogP contribution in [0.4, 0.5) is 0 Å². The highest BCUT2D eigenvalue weighted by Crippen LogP contribution is 2.34. The van der Waals surface area contributed by atoms with Crippen molar-refractivity contribution < 1.29 is 14.3 Å². The summed E-state index contributed by atoms with van der Waals surface area (Å²) in [6, 6.07) is -0.371. The third kappa shape index (κ3) is 2.85. The maximum absolute atomic E-state index is 12.8. The van der Waals surface area contributed by atoms with E-state index in [9.17, 15) is 9.59 Å². The Morgan fingerprint density at radius 2 is 2.22 bits per heavy atom. The first kappa shape index (κ1) is 16.0. The molecule has 2 fully saturated rings. The van der Waals surface area contributed by atoms with Crippen molar-refractivity contribution in [1.29, 1.82) is 0 Å². The van der Waals surface area contributed by atoms with Crippen molar-refractivity contribution in [2.75, 3.05) is 13.1 Å². The highest BCUT2D eigenvalue weighted by atomic mass is 16.6. The molecule has 0 aromatic carbocycles. The van der Waals surface area contributed by atoms with E-state index in [0.29, 0.717) is 13.1 Å². The fourth-order valence-electron chi connectivity index (χ4n) is 3.34. The zero-order chi connectivity index (χ0) is 16.8. The number of aromatic nitrogens is 2. The van der Waals surface area contributed by atoms with Crippen molar-refractivity contribution in [3.63, 3.8) is 0 Å². The van der Waals surface area contributed by atoms with Gasteiger partial charge in [-0.3, -0.25) is 14.3 Å². The molecule has 1 spiro atoms. The first-order valence-electron chi connectivity index (χ1n) is 8.05. The van der Waals surface area contributed by atoms with E-state index in [0.717, 1.165) is 18.4 Å². The van der Waals surface area contributed by atoms with Crippen molar-refractivity contribution in [1.82, 2.24) is 20.0 Å². The van der Waals surface area contributed by atoms with Crippen LogP contribution in [0.1, 0.15) is 45.2 Å². The number of ether oxygens (including phenoxy) is 1. The summed E-state index contributed by atoms with van der Waals surface area (Å²) in [4.78, 5) is 26.6. The average molecular weight is 320 g/mol. The van der Waals surface area contributed by atoms with E-state index in [2.05, 4.69) is 10.4 Å². The van der Waals surface area contributed by atoms with Crippen LogP contribution in [0, 0.1) is 6.92 Å². The maximum Gasteiger partial charge on any atom is 0.254 e. The van der Waals surface area contributed by atoms with Crippen LogP contribution in [-0.2, 0) is 14.3 Å². The topological polar surface area (TPSA) is 76.5 Å². The van der Waals surface area contributed by atoms with Gasteiger partial charge in [-0.05, 0) is 46.1 Å². The SMILES string of the molecule is Cc1cnn(C(C)C(=O)N2CCCC3(C2)NC(=O)C(C)(C)O3)c1. The van der Waals surface area contributed by atoms with Crippen LogP contribution in [0.5, 0.6) is 0 Å². The predicted molar refractivity (Wildman–Crippen MR) is 83.5 cm³/mol. The molecule has 1 aromatic heterocycles. The predicted octanol–water partition coefficient (Wildman–Crippen LogP) is 0.996. The molecule has 7 heteroatoms. The van der Waals surface area contributed by atoms with E-state index in [1.165, 1.54) is 0 Å². The standard InChI is InChI=1S/C16H24N4O3/c1-11-8-17-20(9-11)12(2)13(21)19-7-5-6-16(10-19)18-14(22)15(3,4)23-16/h8-9,12H,5-7,10H2,1-4H3,(H,18,22). The van der Waals surface area contributed by atoms with Crippen LogP contribution in [0.25, 0.3) is 0 Å². The lowest BCUT2D eigenvalue weighted by molar-refractivity contribution is -0.154. The van der Waals surface area contributed by atoms with Gasteiger partial charge in [-0.25, -0.2) is 0 Å². The fourth-order valence-corrected chi connectivity index (χ4v) is 3.34. The van der Waals surface area contributed by atoms with Crippen LogP contribution < -0.4 is 5.32 Å². The molecule has 2 saturated heterocycles. The van der Waals surface area contributed by atoms with Gasteiger partial charge in [-0.2, -0.15) is 5.10 Å². The minimum atomic E-state index is -0.850. The molecule has 7 nitrogen and oxygen atoms in total. The molecular formula is C16H24N4O3. The second-order valence-electron chi connectivity index (χ2n) is 7.10. The molecule has 0 saturated carbocycles. The Morgan fingerprint density at radius 3 is 2.78 bits per heavy atom. The second-order valence-corrected chi connectivity index (χ2v) is 7.10. The largest absolute Gasteiger partial charge is 0.338 e. The van der Waals surface area contributed by atoms with Crippen molar-refractivity contribution in [2.45, 2.75) is 57.9 Å². The summed E-state index contributed by atoms with van der Waals surface area (Å²) in [5.41, 5.74) is -0.585. The zero-order valence-electron chi connectivity index (χ0n) is 14.1. The molecule has 3 heterocycles. The Labute approximate surface area is 136 Å². The Balaban J connectivity index is 1.74. The Hall–Kier alpha value is -1.89. The summed E-state index contributed by atoms with van der Waals surface area (Å²) in [5, 5.41) is 7.17. The van der Waals surface area contributed by atoms with Gasteiger partial charge < -0.3 is 15.0 Å². The molecule has 2 unspecified atom stereocenters. The summed E-state index contributed by atoms with van der Waals surface area (Å²) in [6.45, 7) is 8.35. The molecule has 2 atom stereocenters. The van der Waals surface area contributed by atoms with Crippen molar-refractivity contribution in [2.24, 2.45) is 0 Å². The van der Waals surface area contributed by atoms with Gasteiger partial charge in [0, 0.05) is 12.7 Å². The van der Waals surface area contributed by atoms with Gasteiger partial charge in [0.25, 0.3) is 5.91 Å². The average Bonchev–Trinajstić information content (AvgIpc) is 2.99. The number of aryl methyl sites for hydroxylation is 1. The first-order valence-corrected chi connectivity index (χ1v) is 8.05. The number of hydrogen-bond acceptors (Lipinski definition) is 4. The number of piperidine rings is 1. The third-order valence-electron chi connectivity index (χ3n) is 4.59. The normalized spacial score (nSPS) is 28.0. The van der Waals surface area contributed by atoms with E-state index >= 15 is 0 Å². The van der Waals surface area contributed by atoms with E-state index in [1.54, 1.807) is 29.6 Å². The van der Waals surface area contributed by atoms with Gasteiger partial charge in [0.15, 0.2) is 5.72 Å². The Kier molecular flexibility index (Phi) is 3.71. The lowest BCUT2D eigenvalue weighted by atomic mass is 10.0. The quantitative estimate of drug-likeness (QED) is 0.882. The maximum atomic E-state index is 12.8. The van der Waals surface area contributed by atoms with E-state index in [1.807, 2.05) is 20.0 Å². The fraction of sp³-hybridized carbons (Fsp3) is 0.688. The summed E-state index contributed by atoms with van der Waals surface area (Å²) in [5.74, 6) is -0.128. The van der Waals surface area contributed by atoms with Crippen molar-refractivity contribution in [3.05, 3.63) is 18.0 Å². The van der Waals surface area contributed by atoms with Crippen LogP contribution in [-0.4, -0.2) is 50.9 Å². The van der Waals surface area contributed by atoms with Gasteiger partial charge in [-0.15, -0.1) is 0 Å². The molecule has 1 aromatic rings. The third-order valence-corrected chi connectivity index (χ3v) is 4.59. The molecule has 0 radical (unpaired) electrons. The number of carbonyl (C=O) groups excluding carboxylic acids is 2. The van der Waals surface area contributed by atoms with Crippen LogP contribution in [0.15, 0.2) is 12.4 Å². The summed E-state index contributed by atoms with van der Waals surface area (Å²) < 4.78 is 7.66. The molecule has 3 rings (SSSR count). The van der Waals surface area contributed by atoms with Crippen molar-refractivity contribution in [3.8, 4) is 0 Å². The minimum absolute atomic E-state index is 0.00488. The van der Waals surface area contributed by atoms with E-state index < -0.39 is 11.3 Å². The zero-order valence-corrected chi connectivity index (χ0v) is 14.1. The number of likely N-dealkylation sites (tertiary alicyclic amines) is 1. The van der Waals surface area contributed by atoms with Gasteiger partial charge in [-0.1, -0.05) is 0 Å². The van der Waals surface area contributed by atoms with E-state index in [4.69, 9.17) is 4.74 Å². The second kappa shape index (κ2) is 5.33. The highest BCUT2D eigenvalue weighted by molar-refractivity contribution is 5.87. The molecule has 1 N–H and O–H groups in total.